The number of aliphatic hydroxyl groups excluding tert-OH is 1. The number of aromatic nitrogens is 2. The van der Waals surface area contributed by atoms with E-state index in [9.17, 15) is 9.90 Å². The molecule has 1 amide bonds. The third kappa shape index (κ3) is 5.56. The summed E-state index contributed by atoms with van der Waals surface area (Å²) in [6, 6.07) is 21.5. The molecule has 0 aliphatic rings. The predicted molar refractivity (Wildman–Crippen MR) is 132 cm³/mol. The van der Waals surface area contributed by atoms with Crippen molar-refractivity contribution in [1.29, 1.82) is 0 Å². The Hall–Kier alpha value is -4.01. The molecule has 4 aromatic rings. The van der Waals surface area contributed by atoms with E-state index in [1.807, 2.05) is 54.6 Å². The minimum Gasteiger partial charge on any atom is -0.465 e. The average Bonchev–Trinajstić information content (AvgIpc) is 3.35. The van der Waals surface area contributed by atoms with E-state index in [4.69, 9.17) is 14.4 Å². The number of hydrogen-bond acceptors (Lipinski definition) is 6. The number of rotatable bonds is 9. The molecular weight excluding hydrogens is 446 g/mol. The maximum absolute atomic E-state index is 11.4. The molecule has 0 aliphatic heterocycles. The van der Waals surface area contributed by atoms with Crippen LogP contribution in [0.15, 0.2) is 71.3 Å². The first-order chi connectivity index (χ1) is 17.0. The molecule has 1 heterocycles. The van der Waals surface area contributed by atoms with Gasteiger partial charge in [0, 0.05) is 31.3 Å². The molecule has 0 saturated carbocycles. The Balaban J connectivity index is 1.62. The van der Waals surface area contributed by atoms with E-state index in [1.54, 1.807) is 7.11 Å². The van der Waals surface area contributed by atoms with Crippen molar-refractivity contribution in [3.8, 4) is 34.0 Å². The van der Waals surface area contributed by atoms with Crippen molar-refractivity contribution in [2.75, 3.05) is 20.3 Å². The van der Waals surface area contributed by atoms with Crippen LogP contribution in [0.25, 0.3) is 34.0 Å². The summed E-state index contributed by atoms with van der Waals surface area (Å²) in [5.41, 5.74) is 6.67. The van der Waals surface area contributed by atoms with E-state index >= 15 is 0 Å². The number of carboxylic acid groups (broad SMARTS) is 1. The van der Waals surface area contributed by atoms with Crippen LogP contribution in [0, 0.1) is 6.92 Å². The number of carbonyl (C=O) groups is 1. The van der Waals surface area contributed by atoms with Crippen LogP contribution in [-0.4, -0.2) is 51.6 Å². The van der Waals surface area contributed by atoms with Crippen molar-refractivity contribution in [3.05, 3.63) is 83.4 Å². The van der Waals surface area contributed by atoms with Crippen LogP contribution in [0.3, 0.4) is 0 Å². The molecule has 3 aromatic carbocycles. The van der Waals surface area contributed by atoms with Crippen LogP contribution in [0.2, 0.25) is 0 Å². The predicted octanol–water partition coefficient (Wildman–Crippen LogP) is 5.00. The zero-order chi connectivity index (χ0) is 24.8. The van der Waals surface area contributed by atoms with E-state index in [0.29, 0.717) is 23.9 Å². The van der Waals surface area contributed by atoms with Gasteiger partial charge in [-0.2, -0.15) is 4.98 Å². The molecule has 180 valence electrons. The number of ether oxygens (including phenoxy) is 1. The largest absolute Gasteiger partial charge is 0.465 e. The summed E-state index contributed by atoms with van der Waals surface area (Å²) >= 11 is 0. The standard InChI is InChI=1S/C27H27N3O5/c1-18-6-3-4-9-23(18)24-11-10-21(15-22(24)17-34-2)26-28-25(29-35-26)20-8-5-7-19(14-20)16-30(12-13-31)27(32)33/h3-11,14-15,31H,12-13,16-17H2,1-2H3,(H,32,33). The molecule has 1 aromatic heterocycles. The van der Waals surface area contributed by atoms with Gasteiger partial charge in [-0.1, -0.05) is 53.7 Å². The minimum absolute atomic E-state index is 0.0359. The van der Waals surface area contributed by atoms with Gasteiger partial charge in [0.15, 0.2) is 0 Å². The lowest BCUT2D eigenvalue weighted by molar-refractivity contribution is 0.129. The van der Waals surface area contributed by atoms with E-state index in [1.165, 1.54) is 5.56 Å². The van der Waals surface area contributed by atoms with Gasteiger partial charge in [0.1, 0.15) is 0 Å². The third-order valence-corrected chi connectivity index (χ3v) is 5.71. The van der Waals surface area contributed by atoms with E-state index in [2.05, 4.69) is 29.2 Å². The lowest BCUT2D eigenvalue weighted by Crippen LogP contribution is -2.31. The zero-order valence-corrected chi connectivity index (χ0v) is 19.6. The number of aliphatic hydroxyl groups is 1. The Morgan fingerprint density at radius 1 is 1.03 bits per heavy atom. The topological polar surface area (TPSA) is 109 Å². The van der Waals surface area contributed by atoms with Crippen molar-refractivity contribution in [2.24, 2.45) is 0 Å². The Kier molecular flexibility index (Phi) is 7.54. The van der Waals surface area contributed by atoms with Gasteiger partial charge in [-0.05, 0) is 52.9 Å². The highest BCUT2D eigenvalue weighted by Crippen LogP contribution is 2.31. The number of aryl methyl sites for hydroxylation is 1. The Morgan fingerprint density at radius 3 is 2.60 bits per heavy atom. The lowest BCUT2D eigenvalue weighted by Gasteiger charge is -2.18. The van der Waals surface area contributed by atoms with E-state index < -0.39 is 6.09 Å². The molecule has 0 bridgehead atoms. The molecule has 0 aliphatic carbocycles. The van der Waals surface area contributed by atoms with Gasteiger partial charge in [0.05, 0.1) is 13.2 Å². The first-order valence-corrected chi connectivity index (χ1v) is 11.2. The molecule has 8 heteroatoms. The quantitative estimate of drug-likeness (QED) is 0.352. The minimum atomic E-state index is -1.09. The van der Waals surface area contributed by atoms with Crippen LogP contribution in [-0.2, 0) is 17.9 Å². The number of hydrogen-bond donors (Lipinski definition) is 2. The maximum Gasteiger partial charge on any atom is 0.407 e. The smallest absolute Gasteiger partial charge is 0.407 e. The normalized spacial score (nSPS) is 10.9. The summed E-state index contributed by atoms with van der Waals surface area (Å²) in [7, 11) is 1.66. The molecule has 8 nitrogen and oxygen atoms in total. The number of benzene rings is 3. The summed E-state index contributed by atoms with van der Waals surface area (Å²) < 4.78 is 11.0. The van der Waals surface area contributed by atoms with Crippen LogP contribution in [0.4, 0.5) is 4.79 Å². The van der Waals surface area contributed by atoms with Gasteiger partial charge in [0.25, 0.3) is 5.89 Å². The number of amides is 1. The van der Waals surface area contributed by atoms with Crippen LogP contribution >= 0.6 is 0 Å². The van der Waals surface area contributed by atoms with Crippen LogP contribution in [0.5, 0.6) is 0 Å². The van der Waals surface area contributed by atoms with Crippen LogP contribution in [0.1, 0.15) is 16.7 Å². The third-order valence-electron chi connectivity index (χ3n) is 5.71. The van der Waals surface area contributed by atoms with E-state index in [0.717, 1.165) is 32.7 Å². The highest BCUT2D eigenvalue weighted by Gasteiger charge is 2.16. The first kappa shape index (κ1) is 24.1. The molecule has 0 saturated heterocycles. The van der Waals surface area contributed by atoms with Crippen molar-refractivity contribution in [1.82, 2.24) is 15.0 Å². The summed E-state index contributed by atoms with van der Waals surface area (Å²) in [6.07, 6.45) is -1.09. The number of nitrogens with zero attached hydrogens (tertiary/aromatic N) is 3. The molecule has 4 rings (SSSR count). The second-order valence-electron chi connectivity index (χ2n) is 8.17. The van der Waals surface area contributed by atoms with Gasteiger partial charge < -0.3 is 24.4 Å². The lowest BCUT2D eigenvalue weighted by atomic mass is 9.94. The van der Waals surface area contributed by atoms with Crippen molar-refractivity contribution in [2.45, 2.75) is 20.1 Å². The summed E-state index contributed by atoms with van der Waals surface area (Å²) in [4.78, 5) is 17.1. The SMILES string of the molecule is COCc1cc(-c2nc(-c3cccc(CN(CCO)C(=O)O)c3)no2)ccc1-c1ccccc1C. The molecule has 0 spiro atoms. The van der Waals surface area contributed by atoms with Gasteiger partial charge in [-0.15, -0.1) is 0 Å². The maximum atomic E-state index is 11.4. The summed E-state index contributed by atoms with van der Waals surface area (Å²) in [5.74, 6) is 0.786. The fourth-order valence-electron chi connectivity index (χ4n) is 3.99. The Labute approximate surface area is 203 Å². The summed E-state index contributed by atoms with van der Waals surface area (Å²) in [5, 5.41) is 22.6. The van der Waals surface area contributed by atoms with Crippen LogP contribution < -0.4 is 0 Å². The summed E-state index contributed by atoms with van der Waals surface area (Å²) in [6.45, 7) is 2.46. The van der Waals surface area contributed by atoms with Gasteiger partial charge in [-0.3, -0.25) is 0 Å². The molecular formula is C27H27N3O5. The van der Waals surface area contributed by atoms with Gasteiger partial charge in [0.2, 0.25) is 5.82 Å². The molecule has 0 radical (unpaired) electrons. The van der Waals surface area contributed by atoms with Gasteiger partial charge in [-0.25, -0.2) is 4.79 Å². The van der Waals surface area contributed by atoms with Crippen molar-refractivity contribution >= 4 is 6.09 Å². The molecule has 0 unspecified atom stereocenters. The molecule has 35 heavy (non-hydrogen) atoms. The van der Waals surface area contributed by atoms with Crippen molar-refractivity contribution in [3.63, 3.8) is 0 Å². The zero-order valence-electron chi connectivity index (χ0n) is 19.6. The average molecular weight is 474 g/mol. The molecule has 2 N–H and O–H groups in total. The monoisotopic (exact) mass is 473 g/mol. The fourth-order valence-corrected chi connectivity index (χ4v) is 3.99. The van der Waals surface area contributed by atoms with Crippen molar-refractivity contribution < 1.29 is 24.3 Å². The highest BCUT2D eigenvalue weighted by atomic mass is 16.5. The molecule has 0 atom stereocenters. The molecule has 0 fully saturated rings. The second-order valence-corrected chi connectivity index (χ2v) is 8.17. The highest BCUT2D eigenvalue weighted by molar-refractivity contribution is 5.74. The van der Waals surface area contributed by atoms with E-state index in [-0.39, 0.29) is 19.7 Å². The first-order valence-electron chi connectivity index (χ1n) is 11.2. The Bertz CT molecular complexity index is 1320. The Morgan fingerprint density at radius 2 is 1.86 bits per heavy atom. The van der Waals surface area contributed by atoms with Gasteiger partial charge >= 0.3 is 6.09 Å². The second kappa shape index (κ2) is 10.9. The number of methoxy groups -OCH3 is 1. The fraction of sp³-hybridized carbons (Fsp3) is 0.222.